The number of furan rings is 1. The summed E-state index contributed by atoms with van der Waals surface area (Å²) in [7, 11) is 0. The molecule has 3 atom stereocenters. The number of piperidine rings is 1. The van der Waals surface area contributed by atoms with E-state index >= 15 is 0 Å². The van der Waals surface area contributed by atoms with E-state index in [1.165, 1.54) is 6.42 Å². The van der Waals surface area contributed by atoms with E-state index in [2.05, 4.69) is 50.6 Å². The van der Waals surface area contributed by atoms with Gasteiger partial charge in [0.15, 0.2) is 4.67 Å². The van der Waals surface area contributed by atoms with Crippen molar-refractivity contribution in [2.45, 2.75) is 26.3 Å². The zero-order valence-electron chi connectivity index (χ0n) is 10.8. The average Bonchev–Trinajstić information content (AvgIpc) is 2.65. The Morgan fingerprint density at radius 3 is 2.67 bits per heavy atom. The summed E-state index contributed by atoms with van der Waals surface area (Å²) in [5, 5.41) is 0. The van der Waals surface area contributed by atoms with Gasteiger partial charge in [-0.25, -0.2) is 0 Å². The van der Waals surface area contributed by atoms with E-state index < -0.39 is 0 Å². The van der Waals surface area contributed by atoms with Crippen LogP contribution in [0.5, 0.6) is 0 Å². The second kappa shape index (κ2) is 6.07. The van der Waals surface area contributed by atoms with Crippen LogP contribution in [0.15, 0.2) is 19.6 Å². The second-order valence-electron chi connectivity index (χ2n) is 5.26. The SMILES string of the molecule is CC1CCN(C(CN)c2cc(Br)c(Br)o2)CC1C. The molecule has 1 aliphatic heterocycles. The molecule has 5 heteroatoms. The Morgan fingerprint density at radius 2 is 2.17 bits per heavy atom. The van der Waals surface area contributed by atoms with Crippen molar-refractivity contribution < 1.29 is 4.42 Å². The maximum atomic E-state index is 5.94. The molecule has 1 fully saturated rings. The van der Waals surface area contributed by atoms with Gasteiger partial charge in [-0.1, -0.05) is 13.8 Å². The van der Waals surface area contributed by atoms with Crippen molar-refractivity contribution >= 4 is 31.9 Å². The standard InChI is InChI=1S/C13H20Br2N2O/c1-8-3-4-17(7-9(8)2)11(6-16)12-5-10(14)13(15)18-12/h5,8-9,11H,3-4,6-7,16H2,1-2H3. The Labute approximate surface area is 125 Å². The number of halogens is 2. The number of rotatable bonds is 3. The Morgan fingerprint density at radius 1 is 1.44 bits per heavy atom. The predicted molar refractivity (Wildman–Crippen MR) is 80.4 cm³/mol. The van der Waals surface area contributed by atoms with Crippen molar-refractivity contribution in [1.82, 2.24) is 4.90 Å². The first kappa shape index (κ1) is 14.6. The fourth-order valence-corrected chi connectivity index (χ4v) is 3.16. The minimum atomic E-state index is 0.183. The van der Waals surface area contributed by atoms with E-state index in [1.807, 2.05) is 6.07 Å². The molecule has 1 aromatic heterocycles. The summed E-state index contributed by atoms with van der Waals surface area (Å²) in [4.78, 5) is 2.45. The maximum absolute atomic E-state index is 5.94. The maximum Gasteiger partial charge on any atom is 0.183 e. The van der Waals surface area contributed by atoms with E-state index in [0.29, 0.717) is 6.54 Å². The van der Waals surface area contributed by atoms with Crippen LogP contribution >= 0.6 is 31.9 Å². The highest BCUT2D eigenvalue weighted by molar-refractivity contribution is 9.13. The molecule has 1 saturated heterocycles. The summed E-state index contributed by atoms with van der Waals surface area (Å²) in [6, 6.07) is 2.20. The van der Waals surface area contributed by atoms with Crippen LogP contribution in [0.3, 0.4) is 0 Å². The fourth-order valence-electron chi connectivity index (χ4n) is 2.55. The highest BCUT2D eigenvalue weighted by Crippen LogP contribution is 2.34. The van der Waals surface area contributed by atoms with Crippen molar-refractivity contribution in [3.63, 3.8) is 0 Å². The highest BCUT2D eigenvalue weighted by Gasteiger charge is 2.29. The zero-order chi connectivity index (χ0) is 13.3. The van der Waals surface area contributed by atoms with Crippen molar-refractivity contribution in [2.24, 2.45) is 17.6 Å². The molecule has 3 nitrogen and oxygen atoms in total. The third kappa shape index (κ3) is 3.00. The molecule has 1 aliphatic rings. The van der Waals surface area contributed by atoms with Crippen LogP contribution in [0.4, 0.5) is 0 Å². The molecule has 2 N–H and O–H groups in total. The largest absolute Gasteiger partial charge is 0.451 e. The molecule has 0 aromatic carbocycles. The monoisotopic (exact) mass is 378 g/mol. The molecule has 0 amide bonds. The first-order valence-electron chi connectivity index (χ1n) is 6.41. The normalized spacial score (nSPS) is 27.4. The van der Waals surface area contributed by atoms with Gasteiger partial charge >= 0.3 is 0 Å². The van der Waals surface area contributed by atoms with Crippen LogP contribution in [-0.4, -0.2) is 24.5 Å². The van der Waals surface area contributed by atoms with Crippen molar-refractivity contribution in [2.75, 3.05) is 19.6 Å². The van der Waals surface area contributed by atoms with Crippen LogP contribution in [-0.2, 0) is 0 Å². The summed E-state index contributed by atoms with van der Waals surface area (Å²) in [6.45, 7) is 7.44. The highest BCUT2D eigenvalue weighted by atomic mass is 79.9. The molecule has 0 bridgehead atoms. The molecular weight excluding hydrogens is 360 g/mol. The van der Waals surface area contributed by atoms with Crippen molar-refractivity contribution in [1.29, 1.82) is 0 Å². The van der Waals surface area contributed by atoms with Gasteiger partial charge in [-0.3, -0.25) is 4.90 Å². The predicted octanol–water partition coefficient (Wildman–Crippen LogP) is 3.78. The second-order valence-corrected chi connectivity index (χ2v) is 6.83. The van der Waals surface area contributed by atoms with Gasteiger partial charge < -0.3 is 10.2 Å². The molecule has 0 aliphatic carbocycles. The Bertz CT molecular complexity index is 388. The lowest BCUT2D eigenvalue weighted by atomic mass is 9.88. The number of likely N-dealkylation sites (tertiary alicyclic amines) is 1. The van der Waals surface area contributed by atoms with E-state index in [-0.39, 0.29) is 6.04 Å². The smallest absolute Gasteiger partial charge is 0.183 e. The van der Waals surface area contributed by atoms with Gasteiger partial charge in [0.2, 0.25) is 0 Å². The third-order valence-electron chi connectivity index (χ3n) is 4.02. The number of nitrogens with two attached hydrogens (primary N) is 1. The van der Waals surface area contributed by atoms with Gasteiger partial charge in [-0.15, -0.1) is 0 Å². The molecule has 2 heterocycles. The van der Waals surface area contributed by atoms with E-state index in [1.54, 1.807) is 0 Å². The van der Waals surface area contributed by atoms with Crippen LogP contribution in [0.25, 0.3) is 0 Å². The van der Waals surface area contributed by atoms with Crippen LogP contribution in [0.2, 0.25) is 0 Å². The van der Waals surface area contributed by atoms with Gasteiger partial charge in [0.05, 0.1) is 10.5 Å². The van der Waals surface area contributed by atoms with Crippen molar-refractivity contribution in [3.8, 4) is 0 Å². The molecule has 18 heavy (non-hydrogen) atoms. The lowest BCUT2D eigenvalue weighted by Crippen LogP contribution is -2.42. The Hall–Kier alpha value is 0.160. The summed E-state index contributed by atoms with van der Waals surface area (Å²) in [6.07, 6.45) is 1.24. The number of nitrogens with zero attached hydrogens (tertiary/aromatic N) is 1. The molecule has 2 rings (SSSR count). The first-order chi connectivity index (χ1) is 8.52. The van der Waals surface area contributed by atoms with Crippen LogP contribution in [0.1, 0.15) is 32.1 Å². The van der Waals surface area contributed by atoms with E-state index in [0.717, 1.165) is 39.8 Å². The minimum absolute atomic E-state index is 0.183. The summed E-state index contributed by atoms with van der Waals surface area (Å²) in [5.41, 5.74) is 5.94. The molecular formula is C13H20Br2N2O. The molecule has 3 unspecified atom stereocenters. The molecule has 0 saturated carbocycles. The molecule has 102 valence electrons. The van der Waals surface area contributed by atoms with Gasteiger partial charge in [-0.05, 0) is 62.7 Å². The van der Waals surface area contributed by atoms with Gasteiger partial charge in [0.25, 0.3) is 0 Å². The van der Waals surface area contributed by atoms with Gasteiger partial charge in [0.1, 0.15) is 5.76 Å². The Balaban J connectivity index is 2.13. The van der Waals surface area contributed by atoms with Gasteiger partial charge in [0, 0.05) is 13.1 Å². The zero-order valence-corrected chi connectivity index (χ0v) is 14.0. The quantitative estimate of drug-likeness (QED) is 0.868. The Kier molecular flexibility index (Phi) is 4.92. The topological polar surface area (TPSA) is 42.4 Å². The molecule has 0 spiro atoms. The average molecular weight is 380 g/mol. The van der Waals surface area contributed by atoms with E-state index in [9.17, 15) is 0 Å². The summed E-state index contributed by atoms with van der Waals surface area (Å²) in [5.74, 6) is 2.46. The van der Waals surface area contributed by atoms with Gasteiger partial charge in [-0.2, -0.15) is 0 Å². The first-order valence-corrected chi connectivity index (χ1v) is 8.00. The lowest BCUT2D eigenvalue weighted by molar-refractivity contribution is 0.0877. The molecule has 0 radical (unpaired) electrons. The molecule has 1 aromatic rings. The minimum Gasteiger partial charge on any atom is -0.451 e. The summed E-state index contributed by atoms with van der Waals surface area (Å²) >= 11 is 6.85. The third-order valence-corrected chi connectivity index (χ3v) is 5.73. The van der Waals surface area contributed by atoms with Crippen LogP contribution in [0, 0.1) is 11.8 Å². The van der Waals surface area contributed by atoms with Crippen LogP contribution < -0.4 is 5.73 Å². The number of hydrogen-bond donors (Lipinski definition) is 1. The lowest BCUT2D eigenvalue weighted by Gasteiger charge is -2.39. The summed E-state index contributed by atoms with van der Waals surface area (Å²) < 4.78 is 7.43. The fraction of sp³-hybridized carbons (Fsp3) is 0.692. The number of hydrogen-bond acceptors (Lipinski definition) is 3. The van der Waals surface area contributed by atoms with Crippen molar-refractivity contribution in [3.05, 3.63) is 21.0 Å². The van der Waals surface area contributed by atoms with E-state index in [4.69, 9.17) is 10.2 Å².